The molecule has 4 heteroatoms. The molecule has 0 radical (unpaired) electrons. The number of rotatable bonds is 4. The van der Waals surface area contributed by atoms with Crippen LogP contribution in [0.3, 0.4) is 0 Å². The van der Waals surface area contributed by atoms with Crippen LogP contribution in [0.4, 0.5) is 4.39 Å². The van der Waals surface area contributed by atoms with Crippen LogP contribution in [0.25, 0.3) is 0 Å². The predicted octanol–water partition coefficient (Wildman–Crippen LogP) is 3.89. The van der Waals surface area contributed by atoms with Gasteiger partial charge in [0.15, 0.2) is 0 Å². The zero-order valence-electron chi connectivity index (χ0n) is 8.95. The summed E-state index contributed by atoms with van der Waals surface area (Å²) in [6.45, 7) is 0. The smallest absolute Gasteiger partial charge is 0.141 e. The molecule has 17 heavy (non-hydrogen) atoms. The van der Waals surface area contributed by atoms with Crippen molar-refractivity contribution in [2.24, 2.45) is 0 Å². The van der Waals surface area contributed by atoms with Crippen molar-refractivity contribution in [3.8, 4) is 0 Å². The Labute approximate surface area is 108 Å². The lowest BCUT2D eigenvalue weighted by atomic mass is 10.0. The molecular weight excluding hydrogens is 259 g/mol. The zero-order valence-corrected chi connectivity index (χ0v) is 10.5. The summed E-state index contributed by atoms with van der Waals surface area (Å²) in [5.74, 6) is -0.452. The first kappa shape index (κ1) is 12.3. The molecule has 0 aliphatic carbocycles. The van der Waals surface area contributed by atoms with Crippen molar-refractivity contribution in [1.82, 2.24) is 0 Å². The minimum atomic E-state index is -0.420. The SMILES string of the molecule is O=C(Cc1ccsc1)Cc1c(F)cccc1Cl. The van der Waals surface area contributed by atoms with Crippen LogP contribution in [0.15, 0.2) is 35.0 Å². The van der Waals surface area contributed by atoms with Crippen molar-refractivity contribution < 1.29 is 9.18 Å². The van der Waals surface area contributed by atoms with Gasteiger partial charge in [-0.25, -0.2) is 4.39 Å². The van der Waals surface area contributed by atoms with Gasteiger partial charge in [0.05, 0.1) is 0 Å². The van der Waals surface area contributed by atoms with Crippen molar-refractivity contribution in [3.05, 3.63) is 57.0 Å². The van der Waals surface area contributed by atoms with Gasteiger partial charge in [-0.3, -0.25) is 4.79 Å². The van der Waals surface area contributed by atoms with Gasteiger partial charge in [0.1, 0.15) is 11.6 Å². The molecule has 0 N–H and O–H groups in total. The molecule has 88 valence electrons. The van der Waals surface area contributed by atoms with Gasteiger partial charge in [-0.15, -0.1) is 0 Å². The standard InChI is InChI=1S/C13H10ClFOS/c14-12-2-1-3-13(15)11(12)7-10(16)6-9-4-5-17-8-9/h1-5,8H,6-7H2. The van der Waals surface area contributed by atoms with Crippen LogP contribution in [-0.2, 0) is 17.6 Å². The first-order chi connectivity index (χ1) is 8.16. The molecule has 2 aromatic rings. The molecule has 1 nitrogen and oxygen atoms in total. The predicted molar refractivity (Wildman–Crippen MR) is 68.1 cm³/mol. The Balaban J connectivity index is 2.08. The van der Waals surface area contributed by atoms with E-state index in [-0.39, 0.29) is 17.8 Å². The van der Waals surface area contributed by atoms with E-state index in [1.165, 1.54) is 12.1 Å². The summed E-state index contributed by atoms with van der Waals surface area (Å²) >= 11 is 7.41. The summed E-state index contributed by atoms with van der Waals surface area (Å²) in [7, 11) is 0. The molecule has 0 unspecified atom stereocenters. The average molecular weight is 269 g/mol. The maximum absolute atomic E-state index is 13.5. The normalized spacial score (nSPS) is 10.5. The van der Waals surface area contributed by atoms with Crippen LogP contribution < -0.4 is 0 Å². The highest BCUT2D eigenvalue weighted by atomic mass is 35.5. The second-order valence-electron chi connectivity index (χ2n) is 3.72. The van der Waals surface area contributed by atoms with E-state index in [9.17, 15) is 9.18 Å². The van der Waals surface area contributed by atoms with E-state index in [2.05, 4.69) is 0 Å². The minimum Gasteiger partial charge on any atom is -0.299 e. The van der Waals surface area contributed by atoms with E-state index in [1.807, 2.05) is 16.8 Å². The number of carbonyl (C=O) groups excluding carboxylic acids is 1. The van der Waals surface area contributed by atoms with Gasteiger partial charge in [0, 0.05) is 23.4 Å². The topological polar surface area (TPSA) is 17.1 Å². The van der Waals surface area contributed by atoms with Gasteiger partial charge >= 0.3 is 0 Å². The molecule has 0 aliphatic rings. The second-order valence-corrected chi connectivity index (χ2v) is 4.91. The largest absolute Gasteiger partial charge is 0.299 e. The second kappa shape index (κ2) is 5.43. The van der Waals surface area contributed by atoms with Crippen molar-refractivity contribution in [3.63, 3.8) is 0 Å². The molecule has 0 saturated heterocycles. The molecule has 1 aromatic carbocycles. The molecule has 0 bridgehead atoms. The van der Waals surface area contributed by atoms with Crippen molar-refractivity contribution in [1.29, 1.82) is 0 Å². The Hall–Kier alpha value is -1.19. The van der Waals surface area contributed by atoms with Gasteiger partial charge in [-0.05, 0) is 34.5 Å². The molecule has 0 fully saturated rings. The number of halogens is 2. The molecule has 0 atom stereocenters. The Morgan fingerprint density at radius 3 is 2.76 bits per heavy atom. The van der Waals surface area contributed by atoms with Crippen LogP contribution >= 0.6 is 22.9 Å². The first-order valence-electron chi connectivity index (χ1n) is 5.12. The molecular formula is C13H10ClFOS. The number of thiophene rings is 1. The van der Waals surface area contributed by atoms with Crippen LogP contribution in [0.5, 0.6) is 0 Å². The monoisotopic (exact) mass is 268 g/mol. The van der Waals surface area contributed by atoms with E-state index in [0.717, 1.165) is 5.56 Å². The summed E-state index contributed by atoms with van der Waals surface area (Å²) in [5.41, 5.74) is 1.25. The highest BCUT2D eigenvalue weighted by Crippen LogP contribution is 2.20. The van der Waals surface area contributed by atoms with Gasteiger partial charge in [0.2, 0.25) is 0 Å². The van der Waals surface area contributed by atoms with E-state index in [4.69, 9.17) is 11.6 Å². The third-order valence-electron chi connectivity index (χ3n) is 2.42. The van der Waals surface area contributed by atoms with Gasteiger partial charge in [-0.2, -0.15) is 11.3 Å². The molecule has 0 saturated carbocycles. The average Bonchev–Trinajstić information content (AvgIpc) is 2.76. The molecule has 0 spiro atoms. The number of carbonyl (C=O) groups is 1. The van der Waals surface area contributed by atoms with Crippen LogP contribution in [0.1, 0.15) is 11.1 Å². The molecule has 2 rings (SSSR count). The highest BCUT2D eigenvalue weighted by molar-refractivity contribution is 7.08. The van der Waals surface area contributed by atoms with E-state index in [0.29, 0.717) is 11.4 Å². The van der Waals surface area contributed by atoms with Crippen LogP contribution in [0.2, 0.25) is 5.02 Å². The maximum atomic E-state index is 13.5. The Morgan fingerprint density at radius 2 is 2.12 bits per heavy atom. The summed E-state index contributed by atoms with van der Waals surface area (Å²) in [4.78, 5) is 11.8. The molecule has 0 aliphatic heterocycles. The Kier molecular flexibility index (Phi) is 3.92. The lowest BCUT2D eigenvalue weighted by Gasteiger charge is -2.04. The van der Waals surface area contributed by atoms with E-state index >= 15 is 0 Å². The van der Waals surface area contributed by atoms with Crippen LogP contribution in [-0.4, -0.2) is 5.78 Å². The minimum absolute atomic E-state index is 0.0320. The number of hydrogen-bond donors (Lipinski definition) is 0. The fourth-order valence-electron chi connectivity index (χ4n) is 1.58. The van der Waals surface area contributed by atoms with E-state index < -0.39 is 5.82 Å². The number of Topliss-reactive ketones (excluding diaryl/α,β-unsaturated/α-hetero) is 1. The van der Waals surface area contributed by atoms with Crippen LogP contribution in [0, 0.1) is 5.82 Å². The van der Waals surface area contributed by atoms with Crippen molar-refractivity contribution in [2.45, 2.75) is 12.8 Å². The number of hydrogen-bond acceptors (Lipinski definition) is 2. The fourth-order valence-corrected chi connectivity index (χ4v) is 2.48. The lowest BCUT2D eigenvalue weighted by Crippen LogP contribution is -2.07. The molecule has 1 aromatic heterocycles. The lowest BCUT2D eigenvalue weighted by molar-refractivity contribution is -0.117. The quantitative estimate of drug-likeness (QED) is 0.822. The maximum Gasteiger partial charge on any atom is 0.141 e. The summed E-state index contributed by atoms with van der Waals surface area (Å²) < 4.78 is 13.5. The number of benzene rings is 1. The summed E-state index contributed by atoms with van der Waals surface area (Å²) in [6, 6.07) is 6.34. The van der Waals surface area contributed by atoms with Gasteiger partial charge in [0.25, 0.3) is 0 Å². The third-order valence-corrected chi connectivity index (χ3v) is 3.50. The van der Waals surface area contributed by atoms with Gasteiger partial charge in [-0.1, -0.05) is 17.7 Å². The highest BCUT2D eigenvalue weighted by Gasteiger charge is 2.12. The fraction of sp³-hybridized carbons (Fsp3) is 0.154. The Morgan fingerprint density at radius 1 is 1.29 bits per heavy atom. The summed E-state index contributed by atoms with van der Waals surface area (Å²) in [6.07, 6.45) is 0.371. The Bertz CT molecular complexity index is 502. The van der Waals surface area contributed by atoms with Gasteiger partial charge < -0.3 is 0 Å². The van der Waals surface area contributed by atoms with E-state index in [1.54, 1.807) is 17.4 Å². The zero-order chi connectivity index (χ0) is 12.3. The summed E-state index contributed by atoms with van der Waals surface area (Å²) in [5, 5.41) is 4.14. The molecule has 1 heterocycles. The van der Waals surface area contributed by atoms with Crippen molar-refractivity contribution >= 4 is 28.7 Å². The number of ketones is 1. The van der Waals surface area contributed by atoms with Crippen molar-refractivity contribution in [2.75, 3.05) is 0 Å². The molecule has 0 amide bonds. The first-order valence-corrected chi connectivity index (χ1v) is 6.44. The third kappa shape index (κ3) is 3.14.